The highest BCUT2D eigenvalue weighted by molar-refractivity contribution is 5.75. The highest BCUT2D eigenvalue weighted by atomic mass is 16.5. The molecular formula is C14H21NO3. The van der Waals surface area contributed by atoms with Gasteiger partial charge in [-0.2, -0.15) is 0 Å². The molecule has 0 aliphatic heterocycles. The summed E-state index contributed by atoms with van der Waals surface area (Å²) in [5.41, 5.74) is 6.09. The molecule has 1 aromatic carbocycles. The summed E-state index contributed by atoms with van der Waals surface area (Å²) in [6.45, 7) is 2.87. The van der Waals surface area contributed by atoms with Crippen LogP contribution in [0.3, 0.4) is 0 Å². The number of carboxylic acid groups (broad SMARTS) is 1. The lowest BCUT2D eigenvalue weighted by molar-refractivity contribution is -0.138. The second kappa shape index (κ2) is 7.71. The molecule has 0 aliphatic rings. The van der Waals surface area contributed by atoms with Crippen LogP contribution < -0.4 is 10.5 Å². The van der Waals surface area contributed by atoms with E-state index in [1.165, 1.54) is 19.3 Å². The lowest BCUT2D eigenvalue weighted by Gasteiger charge is -2.09. The molecule has 0 saturated heterocycles. The predicted octanol–water partition coefficient (Wildman–Crippen LogP) is 2.73. The number of carbonyl (C=O) groups is 1. The van der Waals surface area contributed by atoms with Crippen molar-refractivity contribution in [1.82, 2.24) is 0 Å². The SMILES string of the molecule is CCCCCCOc1ccc([C@H](N)C(=O)O)cc1. The Balaban J connectivity index is 2.38. The van der Waals surface area contributed by atoms with Crippen molar-refractivity contribution in [3.63, 3.8) is 0 Å². The zero-order valence-corrected chi connectivity index (χ0v) is 10.8. The normalized spacial score (nSPS) is 12.1. The molecule has 0 unspecified atom stereocenters. The van der Waals surface area contributed by atoms with Gasteiger partial charge in [0.2, 0.25) is 0 Å². The molecule has 0 bridgehead atoms. The van der Waals surface area contributed by atoms with Crippen molar-refractivity contribution < 1.29 is 14.6 Å². The molecule has 4 nitrogen and oxygen atoms in total. The van der Waals surface area contributed by atoms with Crippen LogP contribution in [0.1, 0.15) is 44.2 Å². The fourth-order valence-electron chi connectivity index (χ4n) is 1.63. The average Bonchev–Trinajstić information content (AvgIpc) is 2.38. The third-order valence-corrected chi connectivity index (χ3v) is 2.77. The summed E-state index contributed by atoms with van der Waals surface area (Å²) in [6.07, 6.45) is 4.67. The van der Waals surface area contributed by atoms with Gasteiger partial charge < -0.3 is 15.6 Å². The molecule has 0 heterocycles. The Morgan fingerprint density at radius 3 is 2.50 bits per heavy atom. The minimum atomic E-state index is -1.02. The molecule has 18 heavy (non-hydrogen) atoms. The topological polar surface area (TPSA) is 72.5 Å². The van der Waals surface area contributed by atoms with E-state index in [4.69, 9.17) is 15.6 Å². The van der Waals surface area contributed by atoms with Gasteiger partial charge in [-0.05, 0) is 24.1 Å². The van der Waals surface area contributed by atoms with E-state index in [9.17, 15) is 4.79 Å². The molecule has 4 heteroatoms. The first-order valence-corrected chi connectivity index (χ1v) is 6.36. The van der Waals surface area contributed by atoms with Crippen LogP contribution in [0.25, 0.3) is 0 Å². The number of hydrogen-bond donors (Lipinski definition) is 2. The number of benzene rings is 1. The quantitative estimate of drug-likeness (QED) is 0.697. The minimum absolute atomic E-state index is 0.584. The molecule has 0 fully saturated rings. The van der Waals surface area contributed by atoms with Crippen molar-refractivity contribution in [1.29, 1.82) is 0 Å². The van der Waals surface area contributed by atoms with Crippen LogP contribution >= 0.6 is 0 Å². The summed E-state index contributed by atoms with van der Waals surface area (Å²) < 4.78 is 5.56. The Labute approximate surface area is 108 Å². The van der Waals surface area contributed by atoms with E-state index in [0.29, 0.717) is 12.2 Å². The molecule has 0 aromatic heterocycles. The standard InChI is InChI=1S/C14H21NO3/c1-2-3-4-5-10-18-12-8-6-11(7-9-12)13(15)14(16)17/h6-9,13H,2-5,10,15H2,1H3,(H,16,17)/t13-/m0/s1. The van der Waals surface area contributed by atoms with E-state index < -0.39 is 12.0 Å². The van der Waals surface area contributed by atoms with E-state index in [1.54, 1.807) is 24.3 Å². The van der Waals surface area contributed by atoms with Crippen LogP contribution in [0.4, 0.5) is 0 Å². The van der Waals surface area contributed by atoms with Crippen LogP contribution in [-0.4, -0.2) is 17.7 Å². The van der Waals surface area contributed by atoms with Gasteiger partial charge in [-0.3, -0.25) is 4.79 Å². The molecule has 0 amide bonds. The second-order valence-electron chi connectivity index (χ2n) is 4.29. The maximum Gasteiger partial charge on any atom is 0.325 e. The highest BCUT2D eigenvalue weighted by Crippen LogP contribution is 2.17. The number of hydrogen-bond acceptors (Lipinski definition) is 3. The molecule has 0 aliphatic carbocycles. The molecule has 100 valence electrons. The van der Waals surface area contributed by atoms with Gasteiger partial charge in [0.1, 0.15) is 11.8 Å². The summed E-state index contributed by atoms with van der Waals surface area (Å²) >= 11 is 0. The van der Waals surface area contributed by atoms with Crippen molar-refractivity contribution >= 4 is 5.97 Å². The van der Waals surface area contributed by atoms with Gasteiger partial charge in [0.15, 0.2) is 0 Å². The number of rotatable bonds is 8. The maximum absolute atomic E-state index is 10.7. The molecule has 1 atom stereocenters. The number of unbranched alkanes of at least 4 members (excludes halogenated alkanes) is 3. The van der Waals surface area contributed by atoms with Gasteiger partial charge in [0, 0.05) is 0 Å². The minimum Gasteiger partial charge on any atom is -0.494 e. The van der Waals surface area contributed by atoms with Gasteiger partial charge in [0.05, 0.1) is 6.61 Å². The Hall–Kier alpha value is -1.55. The Morgan fingerprint density at radius 1 is 1.28 bits per heavy atom. The third kappa shape index (κ3) is 4.75. The summed E-state index contributed by atoms with van der Waals surface area (Å²) in [7, 11) is 0. The lowest BCUT2D eigenvalue weighted by atomic mass is 10.1. The summed E-state index contributed by atoms with van der Waals surface area (Å²) in [5, 5.41) is 8.77. The number of nitrogens with two attached hydrogens (primary N) is 1. The molecule has 0 radical (unpaired) electrons. The van der Waals surface area contributed by atoms with Gasteiger partial charge in [-0.1, -0.05) is 38.3 Å². The summed E-state index contributed by atoms with van der Waals surface area (Å²) in [6, 6.07) is 5.94. The first kappa shape index (κ1) is 14.5. The average molecular weight is 251 g/mol. The van der Waals surface area contributed by atoms with E-state index in [-0.39, 0.29) is 0 Å². The summed E-state index contributed by atoms with van der Waals surface area (Å²) in [4.78, 5) is 10.7. The monoisotopic (exact) mass is 251 g/mol. The number of ether oxygens (including phenoxy) is 1. The molecule has 3 N–H and O–H groups in total. The van der Waals surface area contributed by atoms with Gasteiger partial charge in [0.25, 0.3) is 0 Å². The van der Waals surface area contributed by atoms with Gasteiger partial charge in [-0.15, -0.1) is 0 Å². The third-order valence-electron chi connectivity index (χ3n) is 2.77. The first-order valence-electron chi connectivity index (χ1n) is 6.36. The molecule has 0 spiro atoms. The number of aliphatic carboxylic acids is 1. The lowest BCUT2D eigenvalue weighted by Crippen LogP contribution is -2.20. The van der Waals surface area contributed by atoms with Crippen LogP contribution in [0, 0.1) is 0 Å². The van der Waals surface area contributed by atoms with Gasteiger partial charge >= 0.3 is 5.97 Å². The largest absolute Gasteiger partial charge is 0.494 e. The highest BCUT2D eigenvalue weighted by Gasteiger charge is 2.13. The van der Waals surface area contributed by atoms with Crippen LogP contribution in [0.5, 0.6) is 5.75 Å². The van der Waals surface area contributed by atoms with E-state index in [0.717, 1.165) is 12.2 Å². The van der Waals surface area contributed by atoms with Crippen molar-refractivity contribution in [2.45, 2.75) is 38.6 Å². The zero-order chi connectivity index (χ0) is 13.4. The zero-order valence-electron chi connectivity index (χ0n) is 10.8. The number of carboxylic acids is 1. The van der Waals surface area contributed by atoms with Gasteiger partial charge in [-0.25, -0.2) is 0 Å². The van der Waals surface area contributed by atoms with Crippen LogP contribution in [-0.2, 0) is 4.79 Å². The molecule has 1 aromatic rings. The Kier molecular flexibility index (Phi) is 6.22. The molecule has 0 saturated carbocycles. The fraction of sp³-hybridized carbons (Fsp3) is 0.500. The fourth-order valence-corrected chi connectivity index (χ4v) is 1.63. The van der Waals surface area contributed by atoms with E-state index in [2.05, 4.69) is 6.92 Å². The first-order chi connectivity index (χ1) is 8.65. The summed E-state index contributed by atoms with van der Waals surface area (Å²) in [5.74, 6) is -0.268. The smallest absolute Gasteiger partial charge is 0.325 e. The van der Waals surface area contributed by atoms with E-state index in [1.807, 2.05) is 0 Å². The van der Waals surface area contributed by atoms with Crippen LogP contribution in [0.2, 0.25) is 0 Å². The Morgan fingerprint density at radius 2 is 1.94 bits per heavy atom. The molecule has 1 rings (SSSR count). The second-order valence-corrected chi connectivity index (χ2v) is 4.29. The Bertz CT molecular complexity index is 362. The van der Waals surface area contributed by atoms with E-state index >= 15 is 0 Å². The van der Waals surface area contributed by atoms with Crippen molar-refractivity contribution in [3.05, 3.63) is 29.8 Å². The van der Waals surface area contributed by atoms with Crippen LogP contribution in [0.15, 0.2) is 24.3 Å². The van der Waals surface area contributed by atoms with Crippen molar-refractivity contribution in [3.8, 4) is 5.75 Å². The predicted molar refractivity (Wildman–Crippen MR) is 70.6 cm³/mol. The maximum atomic E-state index is 10.7. The van der Waals surface area contributed by atoms with Crippen molar-refractivity contribution in [2.75, 3.05) is 6.61 Å². The molecular weight excluding hydrogens is 230 g/mol. The van der Waals surface area contributed by atoms with Crippen molar-refractivity contribution in [2.24, 2.45) is 5.73 Å².